The number of hydrogen-bond acceptors (Lipinski definition) is 4. The number of imide groups is 1. The SMILES string of the molecule is CCN1C(=O)C2=C(C1=O)C1(OC(C)=O)CCC2C1. The summed E-state index contributed by atoms with van der Waals surface area (Å²) in [7, 11) is 0. The minimum atomic E-state index is -0.817. The van der Waals surface area contributed by atoms with Crippen LogP contribution < -0.4 is 0 Å². The molecule has 0 aromatic heterocycles. The van der Waals surface area contributed by atoms with Gasteiger partial charge in [-0.2, -0.15) is 0 Å². The Kier molecular flexibility index (Phi) is 2.18. The molecule has 0 N–H and O–H groups in total. The molecule has 2 atom stereocenters. The fraction of sp³-hybridized carbons (Fsp3) is 0.615. The molecule has 96 valence electrons. The molecule has 1 saturated carbocycles. The second kappa shape index (κ2) is 3.43. The predicted octanol–water partition coefficient (Wildman–Crippen LogP) is 0.787. The molecule has 3 rings (SSSR count). The van der Waals surface area contributed by atoms with E-state index in [2.05, 4.69) is 0 Å². The minimum absolute atomic E-state index is 0.0901. The summed E-state index contributed by atoms with van der Waals surface area (Å²) in [6.45, 7) is 3.49. The van der Waals surface area contributed by atoms with Crippen molar-refractivity contribution >= 4 is 17.8 Å². The zero-order valence-corrected chi connectivity index (χ0v) is 10.5. The molecule has 1 aliphatic heterocycles. The van der Waals surface area contributed by atoms with Crippen LogP contribution in [0.2, 0.25) is 0 Å². The van der Waals surface area contributed by atoms with Gasteiger partial charge < -0.3 is 4.74 Å². The molecular weight excluding hydrogens is 234 g/mol. The molecule has 1 fully saturated rings. The van der Waals surface area contributed by atoms with Crippen LogP contribution in [-0.4, -0.2) is 34.8 Å². The number of likely N-dealkylation sites (N-methyl/N-ethyl adjacent to an activating group) is 1. The molecule has 5 nitrogen and oxygen atoms in total. The van der Waals surface area contributed by atoms with Gasteiger partial charge in [-0.25, -0.2) is 0 Å². The minimum Gasteiger partial charge on any atom is -0.454 e. The number of amides is 2. The number of nitrogens with zero attached hydrogens (tertiary/aromatic N) is 1. The van der Waals surface area contributed by atoms with Crippen LogP contribution in [0.3, 0.4) is 0 Å². The van der Waals surface area contributed by atoms with Crippen molar-refractivity contribution in [1.29, 1.82) is 0 Å². The summed E-state index contributed by atoms with van der Waals surface area (Å²) in [5.74, 6) is -0.746. The highest BCUT2D eigenvalue weighted by Crippen LogP contribution is 2.56. The van der Waals surface area contributed by atoms with Crippen LogP contribution in [0, 0.1) is 5.92 Å². The van der Waals surface area contributed by atoms with Crippen LogP contribution in [0.5, 0.6) is 0 Å². The Morgan fingerprint density at radius 1 is 1.44 bits per heavy atom. The van der Waals surface area contributed by atoms with Gasteiger partial charge in [-0.05, 0) is 32.1 Å². The normalized spacial score (nSPS) is 33.4. The van der Waals surface area contributed by atoms with Gasteiger partial charge in [0.15, 0.2) is 0 Å². The first-order chi connectivity index (χ1) is 8.50. The van der Waals surface area contributed by atoms with Gasteiger partial charge in [0.2, 0.25) is 0 Å². The summed E-state index contributed by atoms with van der Waals surface area (Å²) < 4.78 is 5.42. The van der Waals surface area contributed by atoms with E-state index >= 15 is 0 Å². The average Bonchev–Trinajstić information content (AvgIpc) is 2.89. The van der Waals surface area contributed by atoms with E-state index in [1.807, 2.05) is 0 Å². The van der Waals surface area contributed by atoms with Crippen LogP contribution in [0.1, 0.15) is 33.1 Å². The first-order valence-electron chi connectivity index (χ1n) is 6.30. The number of carbonyl (C=O) groups is 3. The Hall–Kier alpha value is -1.65. The lowest BCUT2D eigenvalue weighted by molar-refractivity contribution is -0.153. The van der Waals surface area contributed by atoms with E-state index in [0.717, 1.165) is 6.42 Å². The van der Waals surface area contributed by atoms with E-state index in [-0.39, 0.29) is 23.7 Å². The van der Waals surface area contributed by atoms with E-state index in [0.29, 0.717) is 30.5 Å². The van der Waals surface area contributed by atoms with E-state index in [1.165, 1.54) is 11.8 Å². The molecular formula is C13H15NO4. The third kappa shape index (κ3) is 1.19. The van der Waals surface area contributed by atoms with Gasteiger partial charge >= 0.3 is 5.97 Å². The van der Waals surface area contributed by atoms with Crippen molar-refractivity contribution in [2.24, 2.45) is 5.92 Å². The van der Waals surface area contributed by atoms with Crippen LogP contribution in [0.4, 0.5) is 0 Å². The maximum absolute atomic E-state index is 12.3. The Labute approximate surface area is 105 Å². The Morgan fingerprint density at radius 3 is 2.78 bits per heavy atom. The summed E-state index contributed by atoms with van der Waals surface area (Å²) in [6, 6.07) is 0. The number of fused-ring (bicyclic) bond motifs is 4. The van der Waals surface area contributed by atoms with Crippen LogP contribution in [0.15, 0.2) is 11.1 Å². The Bertz CT molecular complexity index is 507. The second-order valence-electron chi connectivity index (χ2n) is 5.17. The highest BCUT2D eigenvalue weighted by atomic mass is 16.6. The fourth-order valence-corrected chi connectivity index (χ4v) is 3.60. The Morgan fingerprint density at radius 2 is 2.17 bits per heavy atom. The fourth-order valence-electron chi connectivity index (χ4n) is 3.60. The van der Waals surface area contributed by atoms with Gasteiger partial charge in [-0.15, -0.1) is 0 Å². The van der Waals surface area contributed by atoms with E-state index in [4.69, 9.17) is 4.74 Å². The molecule has 0 spiro atoms. The maximum Gasteiger partial charge on any atom is 0.303 e. The zero-order chi connectivity index (χ0) is 13.1. The van der Waals surface area contributed by atoms with Gasteiger partial charge in [0, 0.05) is 19.0 Å². The molecule has 0 aromatic carbocycles. The van der Waals surface area contributed by atoms with E-state index in [9.17, 15) is 14.4 Å². The standard InChI is InChI=1S/C13H15NO4/c1-3-14-11(16)9-8-4-5-13(6-8,18-7(2)15)10(9)12(14)17/h8H,3-6H2,1-2H3. The van der Waals surface area contributed by atoms with Gasteiger partial charge in [0.05, 0.1) is 5.57 Å². The molecule has 2 amide bonds. The quantitative estimate of drug-likeness (QED) is 0.536. The third-order valence-electron chi connectivity index (χ3n) is 4.20. The Balaban J connectivity index is 2.07. The zero-order valence-electron chi connectivity index (χ0n) is 10.5. The van der Waals surface area contributed by atoms with Gasteiger partial charge in [0.1, 0.15) is 5.60 Å². The van der Waals surface area contributed by atoms with Crippen molar-refractivity contribution in [2.75, 3.05) is 6.54 Å². The summed E-state index contributed by atoms with van der Waals surface area (Å²) >= 11 is 0. The van der Waals surface area contributed by atoms with Crippen molar-refractivity contribution in [3.05, 3.63) is 11.1 Å². The van der Waals surface area contributed by atoms with Gasteiger partial charge in [-0.3, -0.25) is 19.3 Å². The summed E-state index contributed by atoms with van der Waals surface area (Å²) in [5.41, 5.74) is 0.248. The van der Waals surface area contributed by atoms with E-state index in [1.54, 1.807) is 6.92 Å². The lowest BCUT2D eigenvalue weighted by Gasteiger charge is -2.28. The maximum atomic E-state index is 12.3. The van der Waals surface area contributed by atoms with Gasteiger partial charge in [-0.1, -0.05) is 0 Å². The molecule has 0 radical (unpaired) electrons. The monoisotopic (exact) mass is 249 g/mol. The van der Waals surface area contributed by atoms with E-state index < -0.39 is 5.60 Å². The summed E-state index contributed by atoms with van der Waals surface area (Å²) in [4.78, 5) is 36.9. The van der Waals surface area contributed by atoms with Crippen LogP contribution in [-0.2, 0) is 19.1 Å². The molecule has 2 bridgehead atoms. The smallest absolute Gasteiger partial charge is 0.303 e. The van der Waals surface area contributed by atoms with Crippen molar-refractivity contribution in [3.8, 4) is 0 Å². The number of likely N-dealkylation sites (tertiary alicyclic amines) is 1. The molecule has 5 heteroatoms. The van der Waals surface area contributed by atoms with Crippen molar-refractivity contribution in [3.63, 3.8) is 0 Å². The third-order valence-corrected chi connectivity index (χ3v) is 4.20. The molecule has 3 aliphatic rings. The predicted molar refractivity (Wildman–Crippen MR) is 61.3 cm³/mol. The number of carbonyl (C=O) groups excluding carboxylic acids is 3. The summed E-state index contributed by atoms with van der Waals surface area (Å²) in [5, 5.41) is 0. The highest BCUT2D eigenvalue weighted by molar-refractivity contribution is 6.21. The number of ether oxygens (including phenoxy) is 1. The van der Waals surface area contributed by atoms with Crippen LogP contribution >= 0.6 is 0 Å². The first kappa shape index (κ1) is 11.4. The second-order valence-corrected chi connectivity index (χ2v) is 5.17. The first-order valence-corrected chi connectivity index (χ1v) is 6.30. The van der Waals surface area contributed by atoms with Crippen molar-refractivity contribution in [2.45, 2.75) is 38.7 Å². The molecule has 0 saturated heterocycles. The molecule has 2 unspecified atom stereocenters. The number of rotatable bonds is 2. The highest BCUT2D eigenvalue weighted by Gasteiger charge is 2.61. The summed E-state index contributed by atoms with van der Waals surface area (Å²) in [6.07, 6.45) is 2.08. The lowest BCUT2D eigenvalue weighted by atomic mass is 9.90. The average molecular weight is 249 g/mol. The van der Waals surface area contributed by atoms with Crippen molar-refractivity contribution < 1.29 is 19.1 Å². The van der Waals surface area contributed by atoms with Gasteiger partial charge in [0.25, 0.3) is 11.8 Å². The topological polar surface area (TPSA) is 63.7 Å². The molecule has 1 heterocycles. The number of esters is 1. The lowest BCUT2D eigenvalue weighted by Crippen LogP contribution is -2.40. The molecule has 2 aliphatic carbocycles. The molecule has 18 heavy (non-hydrogen) atoms. The van der Waals surface area contributed by atoms with Crippen molar-refractivity contribution in [1.82, 2.24) is 4.90 Å². The van der Waals surface area contributed by atoms with Crippen LogP contribution in [0.25, 0.3) is 0 Å². The largest absolute Gasteiger partial charge is 0.454 e. The number of hydrogen-bond donors (Lipinski definition) is 0. The molecule has 0 aromatic rings.